The Morgan fingerprint density at radius 2 is 0.529 bits per heavy atom. The van der Waals surface area contributed by atoms with E-state index in [-0.39, 0.29) is 0 Å². The van der Waals surface area contributed by atoms with Gasteiger partial charge in [-0.1, -0.05) is 333 Å². The molecule has 0 spiro atoms. The van der Waals surface area contributed by atoms with Gasteiger partial charge in [0.05, 0.1) is 0 Å². The minimum Gasteiger partial charge on any atom is -0.456 e. The number of para-hydroxylation sites is 4. The van der Waals surface area contributed by atoms with Crippen LogP contribution in [-0.4, -0.2) is 0 Å². The number of fused-ring (bicyclic) bond motifs is 24. The highest BCUT2D eigenvalue weighted by atomic mass is 32.1. The van der Waals surface area contributed by atoms with Crippen molar-refractivity contribution in [2.24, 2.45) is 0 Å². The summed E-state index contributed by atoms with van der Waals surface area (Å²) >= 11 is 7.51. The normalized spacial score (nSPS) is 11.2. The molecule has 0 amide bonds. The van der Waals surface area contributed by atoms with Gasteiger partial charge in [0.2, 0.25) is 0 Å². The monoisotopic (exact) mass is 1820 g/mol. The van der Waals surface area contributed by atoms with Gasteiger partial charge in [-0.3, -0.25) is 0 Å². The van der Waals surface area contributed by atoms with Gasteiger partial charge in [-0.15, -0.1) is 45.3 Å². The summed E-state index contributed by atoms with van der Waals surface area (Å²) in [5.41, 5.74) is 27.8. The van der Waals surface area contributed by atoms with Crippen molar-refractivity contribution in [1.82, 2.24) is 0 Å². The summed E-state index contributed by atoms with van der Waals surface area (Å²) in [6.07, 6.45) is 0. The molecule has 0 atom stereocenters. The van der Waals surface area contributed by atoms with E-state index in [9.17, 15) is 0 Å². The molecule has 0 N–H and O–H groups in total. The van der Waals surface area contributed by atoms with E-state index in [0.29, 0.717) is 0 Å². The largest absolute Gasteiger partial charge is 0.456 e. The molecule has 20 aromatic carbocycles. The van der Waals surface area contributed by atoms with Crippen LogP contribution in [-0.2, 0) is 0 Å². The van der Waals surface area contributed by atoms with E-state index >= 15 is 0 Å². The van der Waals surface area contributed by atoms with E-state index in [2.05, 4.69) is 419 Å². The maximum absolute atomic E-state index is 6.09. The molecule has 0 aliphatic carbocycles. The molecular weight excluding hydrogens is 1730 g/mol. The number of aryl methyl sites for hydroxylation is 8. The van der Waals surface area contributed by atoms with Crippen molar-refractivity contribution in [3.8, 4) is 44.5 Å². The average Bonchev–Trinajstić information content (AvgIpc) is 1.61. The van der Waals surface area contributed by atoms with Gasteiger partial charge < -0.3 is 17.7 Å². The van der Waals surface area contributed by atoms with Crippen molar-refractivity contribution in [3.05, 3.63) is 481 Å². The molecule has 0 radical (unpaired) electrons. The van der Waals surface area contributed by atoms with Crippen LogP contribution in [0.5, 0.6) is 0 Å². The van der Waals surface area contributed by atoms with Crippen molar-refractivity contribution in [3.63, 3.8) is 0 Å². The summed E-state index contributed by atoms with van der Waals surface area (Å²) in [6.45, 7) is 17.1. The minimum atomic E-state index is 0.949. The zero-order valence-corrected chi connectivity index (χ0v) is 80.1. The molecular formula is C128H96O4S4. The third kappa shape index (κ3) is 17.9. The third-order valence-corrected chi connectivity index (χ3v) is 30.0. The number of furan rings is 4. The molecule has 0 fully saturated rings. The lowest BCUT2D eigenvalue weighted by atomic mass is 9.97. The Hall–Kier alpha value is -15.5. The predicted octanol–water partition coefficient (Wildman–Crippen LogP) is 39.7. The fourth-order valence-corrected chi connectivity index (χ4v) is 23.5. The van der Waals surface area contributed by atoms with Crippen molar-refractivity contribution in [2.75, 3.05) is 0 Å². The van der Waals surface area contributed by atoms with Gasteiger partial charge in [-0.05, 0) is 242 Å². The summed E-state index contributed by atoms with van der Waals surface area (Å²) < 4.78 is 35.2. The van der Waals surface area contributed by atoms with Crippen molar-refractivity contribution in [1.29, 1.82) is 0 Å². The molecule has 0 saturated heterocycles. The van der Waals surface area contributed by atoms with Gasteiger partial charge in [0.15, 0.2) is 0 Å². The molecule has 8 heteroatoms. The van der Waals surface area contributed by atoms with Gasteiger partial charge in [-0.2, -0.15) is 0 Å². The summed E-state index contributed by atoms with van der Waals surface area (Å²) in [7, 11) is 0. The summed E-state index contributed by atoms with van der Waals surface area (Å²) in [6, 6.07) is 153. The lowest BCUT2D eigenvalue weighted by Gasteiger charge is -2.05. The Labute approximate surface area is 806 Å². The van der Waals surface area contributed by atoms with Crippen molar-refractivity contribution < 1.29 is 17.7 Å². The topological polar surface area (TPSA) is 52.6 Å². The first-order chi connectivity index (χ1) is 66.7. The lowest BCUT2D eigenvalue weighted by molar-refractivity contribution is 0.666. The highest BCUT2D eigenvalue weighted by Crippen LogP contribution is 2.44. The minimum absolute atomic E-state index is 0.949. The van der Waals surface area contributed by atoms with Gasteiger partial charge in [0.1, 0.15) is 44.7 Å². The molecule has 28 aromatic rings. The molecule has 0 aliphatic heterocycles. The first kappa shape index (κ1) is 87.2. The molecule has 8 heterocycles. The van der Waals surface area contributed by atoms with E-state index in [0.717, 1.165) is 50.2 Å². The molecule has 136 heavy (non-hydrogen) atoms. The number of benzene rings is 20. The Bertz CT molecular complexity index is 9170. The van der Waals surface area contributed by atoms with E-state index in [1.54, 1.807) is 0 Å². The summed E-state index contributed by atoms with van der Waals surface area (Å²) in [5.74, 6) is 0. The van der Waals surface area contributed by atoms with E-state index in [4.69, 9.17) is 17.7 Å². The maximum Gasteiger partial charge on any atom is 0.143 e. The summed E-state index contributed by atoms with van der Waals surface area (Å²) in [4.78, 5) is 0. The summed E-state index contributed by atoms with van der Waals surface area (Å²) in [5, 5.41) is 20.7. The van der Waals surface area contributed by atoms with Gasteiger partial charge in [-0.25, -0.2) is 0 Å². The molecule has 4 nitrogen and oxygen atoms in total. The molecule has 0 bridgehead atoms. The number of rotatable bonds is 4. The molecule has 0 saturated carbocycles. The van der Waals surface area contributed by atoms with Gasteiger partial charge >= 0.3 is 0 Å². The third-order valence-electron chi connectivity index (χ3n) is 25.2. The zero-order chi connectivity index (χ0) is 92.3. The van der Waals surface area contributed by atoms with Gasteiger partial charge in [0, 0.05) is 129 Å². The van der Waals surface area contributed by atoms with E-state index in [1.807, 2.05) is 118 Å². The predicted molar refractivity (Wildman–Crippen MR) is 592 cm³/mol. The standard InChI is InChI=1S/4C19H14O.4C13H10S/c1-13-11-15(14-7-3-2-4-8-14)12-17-16-9-5-6-10-18(16)20-19(13)17;1-13-11-15(14-7-3-2-4-8-14)12-18-19(13)16-9-5-6-10-17(16)20-18;1-13-11-16(14-7-3-2-4-8-14)19-17(12-13)15-9-5-6-10-18(15)20-19;1-13-11-16(14-7-3-2-4-8-14)19-15-9-5-6-10-17(15)20-18(19)12-13;1-9-5-4-7-11-10-6-2-3-8-12(10)14-13(9)11;1-9-5-4-8-12-13(9)10-6-2-3-7-11(10)14-12;1-9-6-7-13-11(8-9)10-4-2-3-5-12(10)14-13;1-9-6-7-11-10-4-2-3-5-12(10)14-13(11)8-9/h4*2-12H,1H3;4*2-8H,1H3. The van der Waals surface area contributed by atoms with Crippen LogP contribution in [0.3, 0.4) is 0 Å². The Balaban J connectivity index is 0.0000000934. The highest BCUT2D eigenvalue weighted by Gasteiger charge is 2.19. The van der Waals surface area contributed by atoms with Crippen LogP contribution in [0.15, 0.2) is 454 Å². The van der Waals surface area contributed by atoms with E-state index < -0.39 is 0 Å². The fourth-order valence-electron chi connectivity index (χ4n) is 18.8. The fraction of sp³-hybridized carbons (Fsp3) is 0.0625. The highest BCUT2D eigenvalue weighted by molar-refractivity contribution is 7.27. The smallest absolute Gasteiger partial charge is 0.143 e. The van der Waals surface area contributed by atoms with Gasteiger partial charge in [0.25, 0.3) is 0 Å². The SMILES string of the molecule is Cc1cc(-c2ccccc2)c2c(c1)oc1ccccc12.Cc1cc(-c2ccccc2)c2oc3ccccc3c2c1.Cc1cc(-c2ccccc2)cc2c1oc1ccccc12.Cc1cc(-c2ccccc2)cc2oc3ccccc3c12.Cc1ccc2c(c1)sc1ccccc12.Cc1ccc2sc3ccccc3c2c1.Cc1cccc2c1sc1ccccc12.Cc1cccc2sc3ccccc3c12. The van der Waals surface area contributed by atoms with Crippen LogP contribution in [0.25, 0.3) is 213 Å². The van der Waals surface area contributed by atoms with E-state index in [1.165, 1.54) is 207 Å². The Morgan fingerprint density at radius 3 is 1.14 bits per heavy atom. The van der Waals surface area contributed by atoms with Crippen LogP contribution in [0, 0.1) is 55.4 Å². The molecule has 0 unspecified atom stereocenters. The van der Waals surface area contributed by atoms with Crippen LogP contribution in [0.1, 0.15) is 44.5 Å². The second kappa shape index (κ2) is 38.6. The molecule has 8 aromatic heterocycles. The van der Waals surface area contributed by atoms with Crippen molar-refractivity contribution in [2.45, 2.75) is 55.4 Å². The quantitative estimate of drug-likeness (QED) is 0.176. The number of hydrogen-bond acceptors (Lipinski definition) is 8. The molecule has 0 aliphatic rings. The first-order valence-corrected chi connectivity index (χ1v) is 49.4. The lowest BCUT2D eigenvalue weighted by Crippen LogP contribution is -1.81. The average molecular weight is 1830 g/mol. The molecule has 28 rings (SSSR count). The second-order valence-electron chi connectivity index (χ2n) is 34.9. The maximum atomic E-state index is 6.09. The van der Waals surface area contributed by atoms with Crippen LogP contribution >= 0.6 is 45.3 Å². The zero-order valence-electron chi connectivity index (χ0n) is 76.8. The molecule has 656 valence electrons. The van der Waals surface area contributed by atoms with Crippen LogP contribution < -0.4 is 0 Å². The number of hydrogen-bond donors (Lipinski definition) is 0. The number of thiophene rings is 4. The van der Waals surface area contributed by atoms with Crippen LogP contribution in [0.4, 0.5) is 0 Å². The second-order valence-corrected chi connectivity index (χ2v) is 39.2. The Morgan fingerprint density at radius 1 is 0.154 bits per heavy atom. The first-order valence-electron chi connectivity index (χ1n) is 46.1. The Kier molecular flexibility index (Phi) is 24.7. The van der Waals surface area contributed by atoms with Crippen molar-refractivity contribution >= 4 is 214 Å². The van der Waals surface area contributed by atoms with Crippen LogP contribution in [0.2, 0.25) is 0 Å².